The lowest BCUT2D eigenvalue weighted by Crippen LogP contribution is -2.29. The standard InChI is InChI=1S/C24H19ClN4O2/c1-31-18-9-6-16(7-10-18)15-27-21-5-3-2-4-20(21)24(30)29-28-22-12-13-26-23-14-17(25)8-11-19(22)23/h2-15H,1H3,(H,26,28)(H,29,30). The Morgan fingerprint density at radius 1 is 1.06 bits per heavy atom. The first-order chi connectivity index (χ1) is 15.1. The van der Waals surface area contributed by atoms with E-state index in [0.717, 1.165) is 22.2 Å². The minimum Gasteiger partial charge on any atom is -0.497 e. The molecule has 4 rings (SSSR count). The molecule has 6 nitrogen and oxygen atoms in total. The highest BCUT2D eigenvalue weighted by Gasteiger charge is 2.11. The van der Waals surface area contributed by atoms with Crippen LogP contribution in [-0.2, 0) is 0 Å². The van der Waals surface area contributed by atoms with Crippen molar-refractivity contribution in [2.45, 2.75) is 0 Å². The first-order valence-electron chi connectivity index (χ1n) is 9.52. The van der Waals surface area contributed by atoms with Crippen LogP contribution in [0, 0.1) is 0 Å². The number of halogens is 1. The van der Waals surface area contributed by atoms with Crippen LogP contribution in [0.25, 0.3) is 10.9 Å². The fourth-order valence-corrected chi connectivity index (χ4v) is 3.20. The number of nitrogens with one attached hydrogen (secondary N) is 2. The Labute approximate surface area is 184 Å². The van der Waals surface area contributed by atoms with Gasteiger partial charge in [-0.2, -0.15) is 0 Å². The van der Waals surface area contributed by atoms with Gasteiger partial charge in [0.05, 0.1) is 29.6 Å². The number of ether oxygens (including phenoxy) is 1. The fourth-order valence-electron chi connectivity index (χ4n) is 3.03. The quantitative estimate of drug-likeness (QED) is 0.317. The number of anilines is 1. The van der Waals surface area contributed by atoms with E-state index in [2.05, 4.69) is 20.8 Å². The highest BCUT2D eigenvalue weighted by atomic mass is 35.5. The van der Waals surface area contributed by atoms with Gasteiger partial charge in [-0.25, -0.2) is 0 Å². The average molecular weight is 431 g/mol. The predicted octanol–water partition coefficient (Wildman–Crippen LogP) is 5.40. The molecular formula is C24H19ClN4O2. The lowest BCUT2D eigenvalue weighted by atomic mass is 10.1. The number of carbonyl (C=O) groups excluding carboxylic acids is 1. The van der Waals surface area contributed by atoms with Gasteiger partial charge in [0.25, 0.3) is 5.91 Å². The SMILES string of the molecule is COc1ccc(C=Nc2ccccc2C(=O)NNc2ccnc3cc(Cl)ccc23)cc1. The van der Waals surface area contributed by atoms with Crippen LogP contribution in [0.3, 0.4) is 0 Å². The van der Waals surface area contributed by atoms with Gasteiger partial charge < -0.3 is 4.74 Å². The van der Waals surface area contributed by atoms with Crippen LogP contribution in [0.2, 0.25) is 5.02 Å². The van der Waals surface area contributed by atoms with Crippen molar-refractivity contribution in [3.05, 3.63) is 95.1 Å². The van der Waals surface area contributed by atoms with Crippen LogP contribution in [0.5, 0.6) is 5.75 Å². The summed E-state index contributed by atoms with van der Waals surface area (Å²) in [5.74, 6) is 0.468. The van der Waals surface area contributed by atoms with Crippen LogP contribution in [-0.4, -0.2) is 24.2 Å². The molecule has 0 unspecified atom stereocenters. The normalized spacial score (nSPS) is 10.9. The van der Waals surface area contributed by atoms with Gasteiger partial charge in [0.15, 0.2) is 0 Å². The lowest BCUT2D eigenvalue weighted by Gasteiger charge is -2.12. The maximum Gasteiger partial charge on any atom is 0.271 e. The van der Waals surface area contributed by atoms with Gasteiger partial charge in [-0.3, -0.25) is 25.6 Å². The van der Waals surface area contributed by atoms with Crippen molar-refractivity contribution in [2.24, 2.45) is 4.99 Å². The number of amides is 1. The number of carbonyl (C=O) groups is 1. The van der Waals surface area contributed by atoms with Gasteiger partial charge in [-0.15, -0.1) is 0 Å². The summed E-state index contributed by atoms with van der Waals surface area (Å²) in [5, 5.41) is 1.45. The number of nitrogens with zero attached hydrogens (tertiary/aromatic N) is 2. The van der Waals surface area contributed by atoms with Gasteiger partial charge in [-0.1, -0.05) is 23.7 Å². The minimum absolute atomic E-state index is 0.304. The molecule has 0 aliphatic rings. The topological polar surface area (TPSA) is 75.6 Å². The molecule has 1 aromatic heterocycles. The zero-order chi connectivity index (χ0) is 21.6. The van der Waals surface area contributed by atoms with Gasteiger partial charge in [0.2, 0.25) is 0 Å². The number of benzene rings is 3. The lowest BCUT2D eigenvalue weighted by molar-refractivity contribution is 0.0963. The maximum absolute atomic E-state index is 12.8. The van der Waals surface area contributed by atoms with Crippen LogP contribution >= 0.6 is 11.6 Å². The zero-order valence-electron chi connectivity index (χ0n) is 16.7. The van der Waals surface area contributed by atoms with Crippen molar-refractivity contribution >= 4 is 46.0 Å². The Bertz CT molecular complexity index is 1260. The molecule has 0 fully saturated rings. The molecular weight excluding hydrogens is 412 g/mol. The molecule has 2 N–H and O–H groups in total. The van der Waals surface area contributed by atoms with E-state index in [0.29, 0.717) is 22.0 Å². The number of para-hydroxylation sites is 1. The minimum atomic E-state index is -0.304. The summed E-state index contributed by atoms with van der Waals surface area (Å²) < 4.78 is 5.16. The Hall–Kier alpha value is -3.90. The van der Waals surface area contributed by atoms with E-state index in [1.54, 1.807) is 55.9 Å². The molecule has 0 bridgehead atoms. The fraction of sp³-hybridized carbons (Fsp3) is 0.0417. The zero-order valence-corrected chi connectivity index (χ0v) is 17.4. The molecule has 1 amide bonds. The number of pyridine rings is 1. The Kier molecular flexibility index (Phi) is 6.10. The molecule has 0 aliphatic heterocycles. The molecule has 3 aromatic carbocycles. The van der Waals surface area contributed by atoms with Crippen LogP contribution in [0.4, 0.5) is 11.4 Å². The van der Waals surface area contributed by atoms with E-state index in [9.17, 15) is 4.79 Å². The van der Waals surface area contributed by atoms with Crippen molar-refractivity contribution in [3.63, 3.8) is 0 Å². The molecule has 1 heterocycles. The molecule has 0 saturated carbocycles. The van der Waals surface area contributed by atoms with Gasteiger partial charge >= 0.3 is 0 Å². The number of hydrazine groups is 1. The van der Waals surface area contributed by atoms with E-state index < -0.39 is 0 Å². The largest absolute Gasteiger partial charge is 0.497 e. The second-order valence-electron chi connectivity index (χ2n) is 6.65. The number of methoxy groups -OCH3 is 1. The summed E-state index contributed by atoms with van der Waals surface area (Å²) in [6.45, 7) is 0. The number of aromatic nitrogens is 1. The van der Waals surface area contributed by atoms with E-state index in [1.165, 1.54) is 0 Å². The highest BCUT2D eigenvalue weighted by molar-refractivity contribution is 6.31. The monoisotopic (exact) mass is 430 g/mol. The van der Waals surface area contributed by atoms with Crippen molar-refractivity contribution in [1.29, 1.82) is 0 Å². The van der Waals surface area contributed by atoms with Gasteiger partial charge in [0.1, 0.15) is 5.75 Å². The summed E-state index contributed by atoms with van der Waals surface area (Å²) in [6, 6.07) is 21.8. The Balaban J connectivity index is 1.51. The summed E-state index contributed by atoms with van der Waals surface area (Å²) in [7, 11) is 1.62. The molecule has 7 heteroatoms. The first kappa shape index (κ1) is 20.4. The summed E-state index contributed by atoms with van der Waals surface area (Å²) in [5.41, 5.74) is 9.06. The number of rotatable bonds is 6. The molecule has 0 aliphatic carbocycles. The Morgan fingerprint density at radius 3 is 2.68 bits per heavy atom. The van der Waals surface area contributed by atoms with E-state index >= 15 is 0 Å². The number of hydrogen-bond acceptors (Lipinski definition) is 5. The van der Waals surface area contributed by atoms with Crippen LogP contribution in [0.1, 0.15) is 15.9 Å². The summed E-state index contributed by atoms with van der Waals surface area (Å²) >= 11 is 6.04. The molecule has 0 saturated heterocycles. The van der Waals surface area contributed by atoms with Gasteiger partial charge in [-0.05, 0) is 66.2 Å². The molecule has 31 heavy (non-hydrogen) atoms. The van der Waals surface area contributed by atoms with Crippen LogP contribution in [0.15, 0.2) is 84.0 Å². The molecule has 0 radical (unpaired) electrons. The molecule has 4 aromatic rings. The Morgan fingerprint density at radius 2 is 1.87 bits per heavy atom. The number of hydrogen-bond donors (Lipinski definition) is 2. The molecule has 0 spiro atoms. The third kappa shape index (κ3) is 4.82. The van der Waals surface area contributed by atoms with Crippen molar-refractivity contribution < 1.29 is 9.53 Å². The molecule has 0 atom stereocenters. The van der Waals surface area contributed by atoms with E-state index in [-0.39, 0.29) is 5.91 Å². The third-order valence-electron chi connectivity index (χ3n) is 4.63. The predicted molar refractivity (Wildman–Crippen MR) is 125 cm³/mol. The van der Waals surface area contributed by atoms with Crippen molar-refractivity contribution in [1.82, 2.24) is 10.4 Å². The first-order valence-corrected chi connectivity index (χ1v) is 9.89. The van der Waals surface area contributed by atoms with Crippen LogP contribution < -0.4 is 15.6 Å². The second kappa shape index (κ2) is 9.28. The maximum atomic E-state index is 12.8. The number of aliphatic imine (C=N–C) groups is 1. The second-order valence-corrected chi connectivity index (χ2v) is 7.08. The van der Waals surface area contributed by atoms with Crippen molar-refractivity contribution in [3.8, 4) is 5.75 Å². The highest BCUT2D eigenvalue weighted by Crippen LogP contribution is 2.24. The summed E-state index contributed by atoms with van der Waals surface area (Å²) in [6.07, 6.45) is 3.36. The number of fused-ring (bicyclic) bond motifs is 1. The smallest absolute Gasteiger partial charge is 0.271 e. The summed E-state index contributed by atoms with van der Waals surface area (Å²) in [4.78, 5) is 21.6. The van der Waals surface area contributed by atoms with E-state index in [4.69, 9.17) is 16.3 Å². The van der Waals surface area contributed by atoms with Gasteiger partial charge in [0, 0.05) is 22.8 Å². The third-order valence-corrected chi connectivity index (χ3v) is 4.87. The van der Waals surface area contributed by atoms with Crippen molar-refractivity contribution in [2.75, 3.05) is 12.5 Å². The van der Waals surface area contributed by atoms with E-state index in [1.807, 2.05) is 36.4 Å². The molecule has 154 valence electrons. The average Bonchev–Trinajstić information content (AvgIpc) is 2.81.